The van der Waals surface area contributed by atoms with Crippen LogP contribution in [0, 0.1) is 6.92 Å². The number of aryl methyl sites for hydroxylation is 1. The molecule has 0 unspecified atom stereocenters. The third-order valence-electron chi connectivity index (χ3n) is 2.24. The molecule has 0 aromatic carbocycles. The first kappa shape index (κ1) is 9.77. The van der Waals surface area contributed by atoms with E-state index in [4.69, 9.17) is 4.42 Å². The maximum absolute atomic E-state index is 5.29. The summed E-state index contributed by atoms with van der Waals surface area (Å²) in [6.07, 6.45) is 1.69. The van der Waals surface area contributed by atoms with Gasteiger partial charge in [0.1, 0.15) is 11.6 Å². The lowest BCUT2D eigenvalue weighted by molar-refractivity contribution is 0.507. The predicted octanol–water partition coefficient (Wildman–Crippen LogP) is 2.62. The molecule has 2 rings (SSSR count). The Bertz CT molecular complexity index is 423. The molecule has 0 N–H and O–H groups in total. The first-order valence-corrected chi connectivity index (χ1v) is 4.93. The van der Waals surface area contributed by atoms with Gasteiger partial charge in [-0.2, -0.15) is 0 Å². The van der Waals surface area contributed by atoms with E-state index in [2.05, 4.69) is 9.88 Å². The van der Waals surface area contributed by atoms with Gasteiger partial charge in [-0.1, -0.05) is 6.07 Å². The molecule has 0 aliphatic carbocycles. The Balaban J connectivity index is 2.11. The Morgan fingerprint density at radius 3 is 2.80 bits per heavy atom. The highest BCUT2D eigenvalue weighted by Gasteiger charge is 2.04. The molecule has 2 heterocycles. The molecule has 15 heavy (non-hydrogen) atoms. The second kappa shape index (κ2) is 4.17. The Morgan fingerprint density at radius 1 is 1.27 bits per heavy atom. The number of anilines is 1. The maximum Gasteiger partial charge on any atom is 0.128 e. The second-order valence-corrected chi connectivity index (χ2v) is 3.57. The summed E-state index contributed by atoms with van der Waals surface area (Å²) in [4.78, 5) is 6.50. The van der Waals surface area contributed by atoms with Crippen LogP contribution < -0.4 is 4.90 Å². The monoisotopic (exact) mass is 202 g/mol. The van der Waals surface area contributed by atoms with E-state index in [0.717, 1.165) is 23.8 Å². The minimum atomic E-state index is 0.740. The van der Waals surface area contributed by atoms with Crippen molar-refractivity contribution in [2.45, 2.75) is 13.5 Å². The summed E-state index contributed by atoms with van der Waals surface area (Å²) in [6, 6.07) is 9.86. The molecule has 3 nitrogen and oxygen atoms in total. The van der Waals surface area contributed by atoms with Gasteiger partial charge in [0, 0.05) is 12.7 Å². The Morgan fingerprint density at radius 2 is 2.13 bits per heavy atom. The third kappa shape index (κ3) is 2.37. The standard InChI is InChI=1S/C12H14N2O/c1-10-5-3-7-12(13-10)14(2)9-11-6-4-8-15-11/h3-8H,9H2,1-2H3. The van der Waals surface area contributed by atoms with Crippen molar-refractivity contribution in [3.63, 3.8) is 0 Å². The fraction of sp³-hybridized carbons (Fsp3) is 0.250. The van der Waals surface area contributed by atoms with Crippen molar-refractivity contribution >= 4 is 5.82 Å². The molecule has 0 aliphatic heterocycles. The second-order valence-electron chi connectivity index (χ2n) is 3.57. The van der Waals surface area contributed by atoms with Crippen molar-refractivity contribution in [3.8, 4) is 0 Å². The van der Waals surface area contributed by atoms with Crippen LogP contribution in [0.5, 0.6) is 0 Å². The number of rotatable bonds is 3. The van der Waals surface area contributed by atoms with Crippen LogP contribution in [0.1, 0.15) is 11.5 Å². The van der Waals surface area contributed by atoms with Gasteiger partial charge in [-0.3, -0.25) is 0 Å². The fourth-order valence-corrected chi connectivity index (χ4v) is 1.46. The van der Waals surface area contributed by atoms with Crippen LogP contribution in [-0.2, 0) is 6.54 Å². The van der Waals surface area contributed by atoms with Crippen LogP contribution >= 0.6 is 0 Å². The van der Waals surface area contributed by atoms with Crippen molar-refractivity contribution in [3.05, 3.63) is 48.0 Å². The van der Waals surface area contributed by atoms with Crippen molar-refractivity contribution in [1.29, 1.82) is 0 Å². The van der Waals surface area contributed by atoms with Crippen molar-refractivity contribution in [1.82, 2.24) is 4.98 Å². The Hall–Kier alpha value is -1.77. The number of nitrogens with zero attached hydrogens (tertiary/aromatic N) is 2. The van der Waals surface area contributed by atoms with E-state index in [0.29, 0.717) is 0 Å². The van der Waals surface area contributed by atoms with Gasteiger partial charge < -0.3 is 9.32 Å². The van der Waals surface area contributed by atoms with E-state index < -0.39 is 0 Å². The fourth-order valence-electron chi connectivity index (χ4n) is 1.46. The van der Waals surface area contributed by atoms with E-state index >= 15 is 0 Å². The SMILES string of the molecule is Cc1cccc(N(C)Cc2ccco2)n1. The summed E-state index contributed by atoms with van der Waals surface area (Å²) in [7, 11) is 2.00. The van der Waals surface area contributed by atoms with E-state index in [1.807, 2.05) is 44.3 Å². The lowest BCUT2D eigenvalue weighted by Crippen LogP contribution is -2.17. The van der Waals surface area contributed by atoms with Crippen LogP contribution in [0.2, 0.25) is 0 Å². The lowest BCUT2D eigenvalue weighted by Gasteiger charge is -2.16. The predicted molar refractivity (Wildman–Crippen MR) is 59.8 cm³/mol. The van der Waals surface area contributed by atoms with E-state index in [-0.39, 0.29) is 0 Å². The molecule has 0 fully saturated rings. The highest BCUT2D eigenvalue weighted by atomic mass is 16.3. The van der Waals surface area contributed by atoms with Gasteiger partial charge >= 0.3 is 0 Å². The van der Waals surface area contributed by atoms with Crippen LogP contribution in [0.25, 0.3) is 0 Å². The van der Waals surface area contributed by atoms with Gasteiger partial charge in [0.25, 0.3) is 0 Å². The van der Waals surface area contributed by atoms with Crippen molar-refractivity contribution < 1.29 is 4.42 Å². The molecule has 3 heteroatoms. The first-order chi connectivity index (χ1) is 7.25. The van der Waals surface area contributed by atoms with Crippen molar-refractivity contribution in [2.75, 3.05) is 11.9 Å². The minimum Gasteiger partial charge on any atom is -0.467 e. The van der Waals surface area contributed by atoms with Crippen molar-refractivity contribution in [2.24, 2.45) is 0 Å². The molecular weight excluding hydrogens is 188 g/mol. The average Bonchev–Trinajstić information content (AvgIpc) is 2.70. The number of aromatic nitrogens is 1. The highest BCUT2D eigenvalue weighted by Crippen LogP contribution is 2.13. The zero-order valence-electron chi connectivity index (χ0n) is 8.97. The van der Waals surface area contributed by atoms with E-state index in [1.54, 1.807) is 6.26 Å². The van der Waals surface area contributed by atoms with Crippen LogP contribution in [0.3, 0.4) is 0 Å². The molecule has 0 saturated carbocycles. The molecule has 0 spiro atoms. The van der Waals surface area contributed by atoms with Gasteiger partial charge in [-0.05, 0) is 31.2 Å². The van der Waals surface area contributed by atoms with E-state index in [9.17, 15) is 0 Å². The molecule has 2 aromatic rings. The number of hydrogen-bond acceptors (Lipinski definition) is 3. The average molecular weight is 202 g/mol. The summed E-state index contributed by atoms with van der Waals surface area (Å²) < 4.78 is 5.29. The molecule has 0 bridgehead atoms. The number of hydrogen-bond donors (Lipinski definition) is 0. The normalized spacial score (nSPS) is 10.3. The summed E-state index contributed by atoms with van der Waals surface area (Å²) >= 11 is 0. The Labute approximate surface area is 89.4 Å². The quantitative estimate of drug-likeness (QED) is 0.766. The van der Waals surface area contributed by atoms with Gasteiger partial charge in [0.15, 0.2) is 0 Å². The van der Waals surface area contributed by atoms with Crippen LogP contribution in [0.4, 0.5) is 5.82 Å². The van der Waals surface area contributed by atoms with Gasteiger partial charge in [0.2, 0.25) is 0 Å². The minimum absolute atomic E-state index is 0.740. The Kier molecular flexibility index (Phi) is 2.72. The van der Waals surface area contributed by atoms with E-state index in [1.165, 1.54) is 0 Å². The molecule has 0 radical (unpaired) electrons. The molecule has 0 saturated heterocycles. The summed E-state index contributed by atoms with van der Waals surface area (Å²) in [5, 5.41) is 0. The topological polar surface area (TPSA) is 29.3 Å². The summed E-state index contributed by atoms with van der Waals surface area (Å²) in [6.45, 7) is 2.73. The molecule has 2 aromatic heterocycles. The molecule has 78 valence electrons. The summed E-state index contributed by atoms with van der Waals surface area (Å²) in [5.41, 5.74) is 1.03. The zero-order valence-corrected chi connectivity index (χ0v) is 8.97. The lowest BCUT2D eigenvalue weighted by atomic mass is 10.3. The molecular formula is C12H14N2O. The van der Waals surface area contributed by atoms with Gasteiger partial charge in [-0.15, -0.1) is 0 Å². The first-order valence-electron chi connectivity index (χ1n) is 4.93. The third-order valence-corrected chi connectivity index (χ3v) is 2.24. The molecule has 0 aliphatic rings. The molecule has 0 atom stereocenters. The molecule has 0 amide bonds. The van der Waals surface area contributed by atoms with Gasteiger partial charge in [0.05, 0.1) is 12.8 Å². The summed E-state index contributed by atoms with van der Waals surface area (Å²) in [5.74, 6) is 1.91. The van der Waals surface area contributed by atoms with Crippen LogP contribution in [-0.4, -0.2) is 12.0 Å². The zero-order chi connectivity index (χ0) is 10.7. The number of furan rings is 1. The number of pyridine rings is 1. The van der Waals surface area contributed by atoms with Crippen LogP contribution in [0.15, 0.2) is 41.0 Å². The van der Waals surface area contributed by atoms with Gasteiger partial charge in [-0.25, -0.2) is 4.98 Å². The smallest absolute Gasteiger partial charge is 0.128 e. The maximum atomic E-state index is 5.29. The largest absolute Gasteiger partial charge is 0.467 e. The highest BCUT2D eigenvalue weighted by molar-refractivity contribution is 5.38.